The number of aliphatic hydroxyl groups excluding tert-OH is 1. The summed E-state index contributed by atoms with van der Waals surface area (Å²) in [4.78, 5) is 31.2. The Kier molecular flexibility index (Phi) is 7.80. The molecule has 0 saturated carbocycles. The number of hydrogen-bond donors (Lipinski definition) is 2. The van der Waals surface area contributed by atoms with Crippen LogP contribution in [0.2, 0.25) is 0 Å². The van der Waals surface area contributed by atoms with Gasteiger partial charge in [0.2, 0.25) is 0 Å². The van der Waals surface area contributed by atoms with Gasteiger partial charge in [0.1, 0.15) is 5.60 Å². The number of ether oxygens (including phenoxy) is 1. The summed E-state index contributed by atoms with van der Waals surface area (Å²) in [5.74, 6) is -0.137. The lowest BCUT2D eigenvalue weighted by atomic mass is 9.96. The van der Waals surface area contributed by atoms with Crippen LogP contribution in [0.15, 0.2) is 36.4 Å². The molecular weight excluding hydrogens is 492 g/mol. The van der Waals surface area contributed by atoms with E-state index in [9.17, 15) is 14.7 Å². The Bertz CT molecular complexity index is 1380. The van der Waals surface area contributed by atoms with Crippen molar-refractivity contribution in [1.82, 2.24) is 19.7 Å². The third-order valence-electron chi connectivity index (χ3n) is 7.45. The first kappa shape index (κ1) is 27.4. The van der Waals surface area contributed by atoms with Gasteiger partial charge in [0, 0.05) is 37.1 Å². The molecule has 1 amide bonds. The zero-order valence-electron chi connectivity index (χ0n) is 23.5. The first-order chi connectivity index (χ1) is 18.6. The summed E-state index contributed by atoms with van der Waals surface area (Å²) in [5.41, 5.74) is 5.19. The van der Waals surface area contributed by atoms with E-state index < -0.39 is 11.7 Å². The van der Waals surface area contributed by atoms with Crippen molar-refractivity contribution in [2.45, 2.75) is 65.3 Å². The number of nitrogens with zero attached hydrogens (tertiary/aromatic N) is 3. The quantitative estimate of drug-likeness (QED) is 0.457. The van der Waals surface area contributed by atoms with E-state index in [-0.39, 0.29) is 12.5 Å². The van der Waals surface area contributed by atoms with E-state index in [0.717, 1.165) is 47.2 Å². The number of aliphatic hydroxyl groups is 1. The Hall–Kier alpha value is -3.20. The number of likely N-dealkylation sites (tertiary alicyclic amines) is 1. The summed E-state index contributed by atoms with van der Waals surface area (Å²) in [7, 11) is 1.95. The summed E-state index contributed by atoms with van der Waals surface area (Å²) in [6.07, 6.45) is 3.30. The minimum absolute atomic E-state index is 0.0704. The lowest BCUT2D eigenvalue weighted by Crippen LogP contribution is -2.29. The van der Waals surface area contributed by atoms with Gasteiger partial charge in [-0.05, 0) is 94.7 Å². The van der Waals surface area contributed by atoms with Crippen LogP contribution in [-0.4, -0.2) is 70.4 Å². The molecule has 2 aliphatic heterocycles. The van der Waals surface area contributed by atoms with Gasteiger partial charge in [-0.15, -0.1) is 0 Å². The number of piperidine rings is 1. The van der Waals surface area contributed by atoms with Gasteiger partial charge < -0.3 is 15.2 Å². The highest BCUT2D eigenvalue weighted by Gasteiger charge is 2.29. The third kappa shape index (κ3) is 6.03. The largest absolute Gasteiger partial charge is 0.443 e. The molecule has 0 spiro atoms. The summed E-state index contributed by atoms with van der Waals surface area (Å²) >= 11 is 0. The van der Waals surface area contributed by atoms with Gasteiger partial charge >= 0.3 is 6.09 Å². The molecule has 1 fully saturated rings. The molecule has 1 aromatic heterocycles. The fourth-order valence-electron chi connectivity index (χ4n) is 5.74. The Morgan fingerprint density at radius 3 is 2.56 bits per heavy atom. The SMILES string of the molecule is CN(CCO)Cc1cc2c(c(-c3cc4cc(CN5CCCCC5)ccc4n3C(=O)OC(C)(C)C)c1)C(=O)NC2. The first-order valence-electron chi connectivity index (χ1n) is 14.0. The maximum absolute atomic E-state index is 13.7. The van der Waals surface area contributed by atoms with Crippen molar-refractivity contribution in [1.29, 1.82) is 0 Å². The average Bonchev–Trinajstić information content (AvgIpc) is 3.43. The lowest BCUT2D eigenvalue weighted by molar-refractivity contribution is 0.0547. The van der Waals surface area contributed by atoms with Gasteiger partial charge in [-0.1, -0.05) is 18.6 Å². The van der Waals surface area contributed by atoms with Crippen molar-refractivity contribution in [3.05, 3.63) is 58.7 Å². The predicted octanol–water partition coefficient (Wildman–Crippen LogP) is 4.74. The molecule has 0 atom stereocenters. The number of carbonyl (C=O) groups is 2. The molecule has 3 heterocycles. The zero-order chi connectivity index (χ0) is 27.7. The van der Waals surface area contributed by atoms with Crippen LogP contribution in [0, 0.1) is 0 Å². The van der Waals surface area contributed by atoms with Gasteiger partial charge in [0.25, 0.3) is 5.91 Å². The smallest absolute Gasteiger partial charge is 0.419 e. The van der Waals surface area contributed by atoms with Crippen LogP contribution in [0.5, 0.6) is 0 Å². The molecule has 0 unspecified atom stereocenters. The molecule has 8 nitrogen and oxygen atoms in total. The number of rotatable bonds is 7. The minimum atomic E-state index is -0.673. The minimum Gasteiger partial charge on any atom is -0.443 e. The van der Waals surface area contributed by atoms with Crippen LogP contribution in [0.3, 0.4) is 0 Å². The highest BCUT2D eigenvalue weighted by molar-refractivity contribution is 6.07. The highest BCUT2D eigenvalue weighted by Crippen LogP contribution is 2.36. The second-order valence-corrected chi connectivity index (χ2v) is 11.9. The van der Waals surface area contributed by atoms with E-state index in [1.807, 2.05) is 57.0 Å². The van der Waals surface area contributed by atoms with E-state index in [4.69, 9.17) is 4.74 Å². The summed E-state index contributed by atoms with van der Waals surface area (Å²) in [5, 5.41) is 13.3. The molecule has 39 heavy (non-hydrogen) atoms. The van der Waals surface area contributed by atoms with E-state index in [2.05, 4.69) is 22.3 Å². The van der Waals surface area contributed by atoms with E-state index in [1.165, 1.54) is 24.8 Å². The van der Waals surface area contributed by atoms with E-state index in [0.29, 0.717) is 30.9 Å². The third-order valence-corrected chi connectivity index (χ3v) is 7.45. The molecule has 2 aromatic carbocycles. The van der Waals surface area contributed by atoms with Crippen LogP contribution >= 0.6 is 0 Å². The summed E-state index contributed by atoms with van der Waals surface area (Å²) in [6, 6.07) is 12.3. The number of amides is 1. The zero-order valence-corrected chi connectivity index (χ0v) is 23.5. The monoisotopic (exact) mass is 532 g/mol. The molecule has 3 aromatic rings. The van der Waals surface area contributed by atoms with Crippen molar-refractivity contribution in [2.24, 2.45) is 0 Å². The molecule has 1 saturated heterocycles. The molecule has 2 N–H and O–H groups in total. The van der Waals surface area contributed by atoms with Gasteiger partial charge in [0.15, 0.2) is 0 Å². The molecule has 208 valence electrons. The van der Waals surface area contributed by atoms with Gasteiger partial charge in [-0.2, -0.15) is 0 Å². The van der Waals surface area contributed by atoms with Crippen LogP contribution in [0.1, 0.15) is 67.1 Å². The van der Waals surface area contributed by atoms with Gasteiger partial charge in [-0.3, -0.25) is 14.6 Å². The molecular formula is C31H40N4O4. The molecule has 8 heteroatoms. The second kappa shape index (κ2) is 11.1. The summed E-state index contributed by atoms with van der Waals surface area (Å²) in [6.45, 7) is 10.4. The fourth-order valence-corrected chi connectivity index (χ4v) is 5.74. The van der Waals surface area contributed by atoms with Crippen LogP contribution < -0.4 is 5.32 Å². The normalized spacial score (nSPS) is 16.1. The summed E-state index contributed by atoms with van der Waals surface area (Å²) < 4.78 is 7.48. The number of nitrogens with one attached hydrogen (secondary N) is 1. The molecule has 0 bridgehead atoms. The van der Waals surface area contributed by atoms with Gasteiger partial charge in [0.05, 0.1) is 23.4 Å². The number of hydrogen-bond acceptors (Lipinski definition) is 6. The van der Waals surface area contributed by atoms with Crippen molar-refractivity contribution >= 4 is 22.9 Å². The topological polar surface area (TPSA) is 87.0 Å². The highest BCUT2D eigenvalue weighted by atomic mass is 16.6. The molecule has 2 aliphatic rings. The maximum atomic E-state index is 13.7. The van der Waals surface area contributed by atoms with Crippen LogP contribution in [-0.2, 0) is 24.4 Å². The second-order valence-electron chi connectivity index (χ2n) is 11.9. The number of fused-ring (bicyclic) bond motifs is 2. The lowest BCUT2D eigenvalue weighted by Gasteiger charge is -2.26. The average molecular weight is 533 g/mol. The Balaban J connectivity index is 1.64. The van der Waals surface area contributed by atoms with Crippen LogP contribution in [0.25, 0.3) is 22.2 Å². The van der Waals surface area contributed by atoms with Crippen LogP contribution in [0.4, 0.5) is 4.79 Å². The van der Waals surface area contributed by atoms with E-state index >= 15 is 0 Å². The van der Waals surface area contributed by atoms with Crippen molar-refractivity contribution < 1.29 is 19.4 Å². The predicted molar refractivity (Wildman–Crippen MR) is 153 cm³/mol. The number of benzene rings is 2. The standard InChI is InChI=1S/C31H40N4O4/c1-31(2,3)39-30(38)35-26-9-8-21(20-34-10-6-5-7-11-34)14-23(26)17-27(35)25-16-22(19-33(4)12-13-36)15-24-18-32-29(37)28(24)25/h8-9,14-17,36H,5-7,10-13,18-20H2,1-4H3,(H,32,37). The number of aromatic nitrogens is 1. The van der Waals surface area contributed by atoms with Gasteiger partial charge in [-0.25, -0.2) is 9.36 Å². The van der Waals surface area contributed by atoms with Crippen molar-refractivity contribution in [3.63, 3.8) is 0 Å². The Morgan fingerprint density at radius 1 is 1.08 bits per heavy atom. The Labute approximate surface area is 230 Å². The van der Waals surface area contributed by atoms with Crippen molar-refractivity contribution in [2.75, 3.05) is 33.3 Å². The Morgan fingerprint density at radius 2 is 1.85 bits per heavy atom. The van der Waals surface area contributed by atoms with Crippen molar-refractivity contribution in [3.8, 4) is 11.3 Å². The van der Waals surface area contributed by atoms with E-state index in [1.54, 1.807) is 4.57 Å². The maximum Gasteiger partial charge on any atom is 0.419 e. The number of likely N-dealkylation sites (N-methyl/N-ethyl adjacent to an activating group) is 1. The molecule has 0 aliphatic carbocycles. The first-order valence-corrected chi connectivity index (χ1v) is 14.0. The fraction of sp³-hybridized carbons (Fsp3) is 0.484. The number of carbonyl (C=O) groups excluding carboxylic acids is 2. The molecule has 0 radical (unpaired) electrons. The molecule has 5 rings (SSSR count).